The van der Waals surface area contributed by atoms with Gasteiger partial charge in [-0.3, -0.25) is 9.59 Å². The molecule has 1 fully saturated rings. The summed E-state index contributed by atoms with van der Waals surface area (Å²) >= 11 is 6.00. The number of amides is 2. The van der Waals surface area contributed by atoms with E-state index in [0.717, 1.165) is 19.3 Å². The molecule has 0 heterocycles. The van der Waals surface area contributed by atoms with Crippen molar-refractivity contribution in [2.24, 2.45) is 11.8 Å². The maximum absolute atomic E-state index is 12.5. The smallest absolute Gasteiger partial charge is 0.227 e. The summed E-state index contributed by atoms with van der Waals surface area (Å²) in [4.78, 5) is 24.8. The third kappa shape index (κ3) is 5.36. The average molecular weight is 367 g/mol. The number of methoxy groups -OCH3 is 1. The van der Waals surface area contributed by atoms with Gasteiger partial charge in [-0.05, 0) is 57.2 Å². The van der Waals surface area contributed by atoms with Gasteiger partial charge in [0.2, 0.25) is 11.8 Å². The lowest BCUT2D eigenvalue weighted by Crippen LogP contribution is -2.39. The molecule has 1 saturated carbocycles. The Balaban J connectivity index is 1.89. The normalized spacial score (nSPS) is 21.3. The summed E-state index contributed by atoms with van der Waals surface area (Å²) in [6.07, 6.45) is 3.84. The maximum atomic E-state index is 12.5. The third-order valence-corrected chi connectivity index (χ3v) is 5.12. The van der Waals surface area contributed by atoms with Gasteiger partial charge in [-0.1, -0.05) is 18.5 Å². The summed E-state index contributed by atoms with van der Waals surface area (Å²) < 4.78 is 5.26. The lowest BCUT2D eigenvalue weighted by atomic mass is 9.81. The van der Waals surface area contributed by atoms with Crippen LogP contribution in [0, 0.1) is 11.8 Å². The molecule has 1 unspecified atom stereocenters. The quantitative estimate of drug-likeness (QED) is 0.799. The van der Waals surface area contributed by atoms with Crippen LogP contribution in [0.5, 0.6) is 5.75 Å². The molecule has 2 N–H and O–H groups in total. The van der Waals surface area contributed by atoms with E-state index in [1.54, 1.807) is 25.3 Å². The van der Waals surface area contributed by atoms with Crippen LogP contribution in [0.4, 0.5) is 5.69 Å². The van der Waals surface area contributed by atoms with Gasteiger partial charge >= 0.3 is 0 Å². The van der Waals surface area contributed by atoms with Crippen LogP contribution in [-0.2, 0) is 9.59 Å². The molecule has 2 rings (SSSR count). The fourth-order valence-electron chi connectivity index (χ4n) is 3.09. The number of halogens is 1. The minimum atomic E-state index is -0.0867. The largest absolute Gasteiger partial charge is 0.495 e. The molecule has 138 valence electrons. The minimum Gasteiger partial charge on any atom is -0.495 e. The first-order valence-electron chi connectivity index (χ1n) is 8.89. The van der Waals surface area contributed by atoms with Crippen molar-refractivity contribution in [2.75, 3.05) is 12.4 Å². The highest BCUT2D eigenvalue weighted by atomic mass is 35.5. The molecule has 0 aliphatic heterocycles. The van der Waals surface area contributed by atoms with Crippen LogP contribution in [0.15, 0.2) is 18.2 Å². The first-order valence-corrected chi connectivity index (χ1v) is 9.27. The number of ether oxygens (including phenoxy) is 1. The Labute approximate surface area is 154 Å². The third-order valence-electron chi connectivity index (χ3n) is 4.89. The maximum Gasteiger partial charge on any atom is 0.227 e. The Hall–Kier alpha value is -1.75. The second-order valence-corrected chi connectivity index (χ2v) is 7.14. The molecule has 2 amide bonds. The van der Waals surface area contributed by atoms with Crippen molar-refractivity contribution in [1.29, 1.82) is 0 Å². The van der Waals surface area contributed by atoms with Crippen LogP contribution in [0.25, 0.3) is 0 Å². The molecular weight excluding hydrogens is 340 g/mol. The highest BCUT2D eigenvalue weighted by Gasteiger charge is 2.30. The van der Waals surface area contributed by atoms with Gasteiger partial charge in [-0.25, -0.2) is 0 Å². The Morgan fingerprint density at radius 3 is 2.36 bits per heavy atom. The lowest BCUT2D eigenvalue weighted by molar-refractivity contribution is -0.129. The Morgan fingerprint density at radius 2 is 1.80 bits per heavy atom. The summed E-state index contributed by atoms with van der Waals surface area (Å²) in [5.41, 5.74) is 0.580. The SMILES string of the molecule is CCC(C)NC(=O)C1CCC(C(=O)Nc2cc(Cl)ccc2OC)CC1. The average Bonchev–Trinajstić information content (AvgIpc) is 2.61. The summed E-state index contributed by atoms with van der Waals surface area (Å²) in [6, 6.07) is 5.33. The highest BCUT2D eigenvalue weighted by Crippen LogP contribution is 2.32. The Bertz CT molecular complexity index is 613. The summed E-state index contributed by atoms with van der Waals surface area (Å²) in [5.74, 6) is 0.584. The highest BCUT2D eigenvalue weighted by molar-refractivity contribution is 6.31. The van der Waals surface area contributed by atoms with Crippen molar-refractivity contribution in [3.63, 3.8) is 0 Å². The molecule has 1 aliphatic carbocycles. The van der Waals surface area contributed by atoms with Crippen LogP contribution in [0.3, 0.4) is 0 Å². The number of carbonyl (C=O) groups excluding carboxylic acids is 2. The van der Waals surface area contributed by atoms with Crippen molar-refractivity contribution in [2.45, 2.75) is 52.0 Å². The number of hydrogen-bond donors (Lipinski definition) is 2. The molecule has 0 saturated heterocycles. The molecule has 1 aromatic carbocycles. The van der Waals surface area contributed by atoms with E-state index in [2.05, 4.69) is 17.6 Å². The van der Waals surface area contributed by atoms with Gasteiger partial charge in [0.15, 0.2) is 0 Å². The van der Waals surface area contributed by atoms with Gasteiger partial charge in [-0.2, -0.15) is 0 Å². The molecule has 0 spiro atoms. The van der Waals surface area contributed by atoms with Crippen molar-refractivity contribution >= 4 is 29.1 Å². The van der Waals surface area contributed by atoms with Crippen LogP contribution in [-0.4, -0.2) is 25.0 Å². The van der Waals surface area contributed by atoms with E-state index in [4.69, 9.17) is 16.3 Å². The number of anilines is 1. The van der Waals surface area contributed by atoms with E-state index >= 15 is 0 Å². The fraction of sp³-hybridized carbons (Fsp3) is 0.579. The zero-order valence-electron chi connectivity index (χ0n) is 15.1. The fourth-order valence-corrected chi connectivity index (χ4v) is 3.27. The van der Waals surface area contributed by atoms with Crippen LogP contribution >= 0.6 is 11.6 Å². The predicted octanol–water partition coefficient (Wildman–Crippen LogP) is 4.01. The number of carbonyl (C=O) groups is 2. The summed E-state index contributed by atoms with van der Waals surface area (Å²) in [7, 11) is 1.56. The minimum absolute atomic E-state index is 0.0127. The van der Waals surface area contributed by atoms with Gasteiger partial charge in [0.05, 0.1) is 12.8 Å². The molecule has 0 radical (unpaired) electrons. The molecule has 6 heteroatoms. The molecule has 5 nitrogen and oxygen atoms in total. The van der Waals surface area contributed by atoms with Gasteiger partial charge in [0, 0.05) is 22.9 Å². The Kier molecular flexibility index (Phi) is 7.12. The summed E-state index contributed by atoms with van der Waals surface area (Å²) in [6.45, 7) is 4.06. The number of benzene rings is 1. The number of hydrogen-bond acceptors (Lipinski definition) is 3. The van der Waals surface area contributed by atoms with Crippen molar-refractivity contribution < 1.29 is 14.3 Å². The zero-order chi connectivity index (χ0) is 18.4. The van der Waals surface area contributed by atoms with Gasteiger partial charge < -0.3 is 15.4 Å². The van der Waals surface area contributed by atoms with E-state index < -0.39 is 0 Å². The van der Waals surface area contributed by atoms with Gasteiger partial charge in [-0.15, -0.1) is 0 Å². The van der Waals surface area contributed by atoms with Crippen molar-refractivity contribution in [3.8, 4) is 5.75 Å². The predicted molar refractivity (Wildman–Crippen MR) is 100.0 cm³/mol. The van der Waals surface area contributed by atoms with Crippen LogP contribution in [0.2, 0.25) is 5.02 Å². The van der Waals surface area contributed by atoms with Crippen molar-refractivity contribution in [3.05, 3.63) is 23.2 Å². The van der Waals surface area contributed by atoms with E-state index in [9.17, 15) is 9.59 Å². The van der Waals surface area contributed by atoms with Crippen molar-refractivity contribution in [1.82, 2.24) is 5.32 Å². The van der Waals surface area contributed by atoms with E-state index in [-0.39, 0.29) is 29.7 Å². The lowest BCUT2D eigenvalue weighted by Gasteiger charge is -2.28. The monoisotopic (exact) mass is 366 g/mol. The second-order valence-electron chi connectivity index (χ2n) is 6.70. The second kappa shape index (κ2) is 9.09. The van der Waals surface area contributed by atoms with E-state index in [0.29, 0.717) is 29.3 Å². The first kappa shape index (κ1) is 19.6. The number of rotatable bonds is 6. The molecular formula is C19H27ClN2O3. The zero-order valence-corrected chi connectivity index (χ0v) is 15.9. The summed E-state index contributed by atoms with van der Waals surface area (Å²) in [5, 5.41) is 6.49. The molecule has 0 aromatic heterocycles. The standard InChI is InChI=1S/C19H27ClN2O3/c1-4-12(2)21-18(23)13-5-7-14(8-6-13)19(24)22-16-11-15(20)9-10-17(16)25-3/h9-14H,4-8H2,1-3H3,(H,21,23)(H,22,24). The Morgan fingerprint density at radius 1 is 1.20 bits per heavy atom. The molecule has 1 atom stereocenters. The van der Waals surface area contributed by atoms with Gasteiger partial charge in [0.1, 0.15) is 5.75 Å². The molecule has 1 aromatic rings. The topological polar surface area (TPSA) is 67.4 Å². The molecule has 25 heavy (non-hydrogen) atoms. The molecule has 1 aliphatic rings. The van der Waals surface area contributed by atoms with Crippen LogP contribution < -0.4 is 15.4 Å². The van der Waals surface area contributed by atoms with E-state index in [1.165, 1.54) is 0 Å². The van der Waals surface area contributed by atoms with Gasteiger partial charge in [0.25, 0.3) is 0 Å². The molecule has 0 bridgehead atoms. The van der Waals surface area contributed by atoms with E-state index in [1.807, 2.05) is 6.92 Å². The van der Waals surface area contributed by atoms with Crippen LogP contribution in [0.1, 0.15) is 46.0 Å². The number of nitrogens with one attached hydrogen (secondary N) is 2. The first-order chi connectivity index (χ1) is 11.9.